The second-order valence-electron chi connectivity index (χ2n) is 7.60. The number of furan rings is 1. The van der Waals surface area contributed by atoms with E-state index in [4.69, 9.17) is 9.15 Å². The molecule has 1 aromatic carbocycles. The number of nitrogens with one attached hydrogen (secondary N) is 2. The van der Waals surface area contributed by atoms with Gasteiger partial charge in [0.15, 0.2) is 5.96 Å². The summed E-state index contributed by atoms with van der Waals surface area (Å²) < 4.78 is 12.6. The molecule has 0 aliphatic heterocycles. The maximum absolute atomic E-state index is 10.9. The van der Waals surface area contributed by atoms with Gasteiger partial charge in [-0.25, -0.2) is 9.67 Å². The van der Waals surface area contributed by atoms with Gasteiger partial charge in [-0.05, 0) is 64.1 Å². The van der Waals surface area contributed by atoms with Crippen molar-refractivity contribution in [2.75, 3.05) is 20.2 Å². The second kappa shape index (κ2) is 11.4. The minimum atomic E-state index is -1.09. The Morgan fingerprint density at radius 1 is 1.22 bits per heavy atom. The first-order chi connectivity index (χ1) is 14.8. The van der Waals surface area contributed by atoms with E-state index >= 15 is 0 Å². The number of aliphatic hydroxyl groups is 1. The molecule has 0 saturated carbocycles. The van der Waals surface area contributed by atoms with Crippen LogP contribution in [-0.4, -0.2) is 41.0 Å². The molecule has 0 saturated heterocycles. The van der Waals surface area contributed by atoms with Crippen LogP contribution >= 0.6 is 24.0 Å². The molecule has 0 bridgehead atoms. The Balaban J connectivity index is 0.00000363. The number of aryl methyl sites for hydroxylation is 2. The number of methoxy groups -OCH3 is 1. The van der Waals surface area contributed by atoms with E-state index in [9.17, 15) is 5.11 Å². The van der Waals surface area contributed by atoms with Gasteiger partial charge in [-0.2, -0.15) is 5.10 Å². The number of guanidine groups is 1. The van der Waals surface area contributed by atoms with Crippen molar-refractivity contribution in [3.63, 3.8) is 0 Å². The van der Waals surface area contributed by atoms with Crippen LogP contribution in [0.15, 0.2) is 52.0 Å². The lowest BCUT2D eigenvalue weighted by Gasteiger charge is -2.24. The fourth-order valence-electron chi connectivity index (χ4n) is 3.34. The van der Waals surface area contributed by atoms with E-state index in [1.54, 1.807) is 18.7 Å². The first-order valence-corrected chi connectivity index (χ1v) is 10.3. The third kappa shape index (κ3) is 6.49. The van der Waals surface area contributed by atoms with Gasteiger partial charge in [-0.3, -0.25) is 0 Å². The number of aromatic nitrogens is 2. The Kier molecular flexibility index (Phi) is 9.14. The summed E-state index contributed by atoms with van der Waals surface area (Å²) >= 11 is 0. The first kappa shape index (κ1) is 25.7. The molecule has 0 aliphatic carbocycles. The lowest BCUT2D eigenvalue weighted by molar-refractivity contribution is 0.0601. The summed E-state index contributed by atoms with van der Waals surface area (Å²) in [5.41, 5.74) is 1.46. The molecule has 0 spiro atoms. The molecule has 32 heavy (non-hydrogen) atoms. The molecule has 0 fully saturated rings. The lowest BCUT2D eigenvalue weighted by Crippen LogP contribution is -2.44. The van der Waals surface area contributed by atoms with Gasteiger partial charge in [-0.1, -0.05) is 0 Å². The third-order valence-electron chi connectivity index (χ3n) is 4.95. The van der Waals surface area contributed by atoms with Crippen LogP contribution in [0, 0.1) is 13.8 Å². The fourth-order valence-corrected chi connectivity index (χ4v) is 3.34. The summed E-state index contributed by atoms with van der Waals surface area (Å²) in [7, 11) is 1.64. The van der Waals surface area contributed by atoms with Crippen molar-refractivity contribution in [2.45, 2.75) is 39.8 Å². The summed E-state index contributed by atoms with van der Waals surface area (Å²) in [5.74, 6) is 2.91. The van der Waals surface area contributed by atoms with Crippen LogP contribution in [0.4, 0.5) is 0 Å². The van der Waals surface area contributed by atoms with Crippen molar-refractivity contribution in [1.82, 2.24) is 20.4 Å². The highest BCUT2D eigenvalue weighted by Crippen LogP contribution is 2.26. The molecule has 0 aliphatic rings. The van der Waals surface area contributed by atoms with Gasteiger partial charge in [0, 0.05) is 18.3 Å². The van der Waals surface area contributed by atoms with Crippen LogP contribution in [0.5, 0.6) is 5.75 Å². The maximum atomic E-state index is 10.9. The highest BCUT2D eigenvalue weighted by molar-refractivity contribution is 14.0. The van der Waals surface area contributed by atoms with Crippen molar-refractivity contribution in [3.8, 4) is 11.4 Å². The van der Waals surface area contributed by atoms with Gasteiger partial charge in [0.05, 0.1) is 31.6 Å². The standard InChI is InChI=1S/C23H31N5O3.HI/c1-6-24-22(26-15-23(4,29)21-13-16(2)31-17(21)3)25-14-18-11-12-28(27-18)19-7-9-20(30-5)10-8-19;/h7-13,29H,6,14-15H2,1-5H3,(H2,24,25,26);1H. The maximum Gasteiger partial charge on any atom is 0.191 e. The molecule has 0 radical (unpaired) electrons. The molecule has 3 aromatic rings. The molecule has 3 N–H and O–H groups in total. The molecule has 3 rings (SSSR count). The zero-order chi connectivity index (χ0) is 22.4. The van der Waals surface area contributed by atoms with Gasteiger partial charge in [0.1, 0.15) is 22.9 Å². The second-order valence-corrected chi connectivity index (χ2v) is 7.60. The summed E-state index contributed by atoms with van der Waals surface area (Å²) in [5, 5.41) is 21.9. The van der Waals surface area contributed by atoms with Crippen molar-refractivity contribution in [2.24, 2.45) is 4.99 Å². The quantitative estimate of drug-likeness (QED) is 0.224. The van der Waals surface area contributed by atoms with Gasteiger partial charge >= 0.3 is 0 Å². The zero-order valence-electron chi connectivity index (χ0n) is 19.2. The number of benzene rings is 1. The molecule has 1 unspecified atom stereocenters. The molecule has 0 amide bonds. The highest BCUT2D eigenvalue weighted by atomic mass is 127. The van der Waals surface area contributed by atoms with Crippen molar-refractivity contribution >= 4 is 29.9 Å². The van der Waals surface area contributed by atoms with E-state index in [0.717, 1.165) is 34.2 Å². The number of hydrogen-bond donors (Lipinski definition) is 3. The monoisotopic (exact) mass is 553 g/mol. The van der Waals surface area contributed by atoms with E-state index < -0.39 is 5.60 Å². The first-order valence-electron chi connectivity index (χ1n) is 10.3. The minimum Gasteiger partial charge on any atom is -0.497 e. The van der Waals surface area contributed by atoms with Gasteiger partial charge < -0.3 is 24.9 Å². The number of ether oxygens (including phenoxy) is 1. The summed E-state index contributed by atoms with van der Waals surface area (Å²) in [6.45, 7) is 8.89. The Morgan fingerprint density at radius 2 is 1.94 bits per heavy atom. The molecule has 2 heterocycles. The number of nitrogens with zero attached hydrogens (tertiary/aromatic N) is 3. The van der Waals surface area contributed by atoms with Crippen LogP contribution < -0.4 is 15.4 Å². The van der Waals surface area contributed by atoms with Crippen molar-refractivity contribution in [1.29, 1.82) is 0 Å². The Labute approximate surface area is 206 Å². The summed E-state index contributed by atoms with van der Waals surface area (Å²) in [6.07, 6.45) is 1.90. The number of hydrogen-bond acceptors (Lipinski definition) is 5. The predicted octanol–water partition coefficient (Wildman–Crippen LogP) is 3.67. The SMILES string of the molecule is CCNC(=NCc1ccn(-c2ccc(OC)cc2)n1)NCC(C)(O)c1cc(C)oc1C.I. The van der Waals surface area contributed by atoms with E-state index in [1.807, 2.05) is 63.4 Å². The molecule has 2 aromatic heterocycles. The number of aliphatic imine (C=N–C) groups is 1. The topological polar surface area (TPSA) is 96.8 Å². The average molecular weight is 553 g/mol. The van der Waals surface area contributed by atoms with Gasteiger partial charge in [0.2, 0.25) is 0 Å². The van der Waals surface area contributed by atoms with Crippen molar-refractivity contribution in [3.05, 3.63) is 65.4 Å². The third-order valence-corrected chi connectivity index (χ3v) is 4.95. The average Bonchev–Trinajstić information content (AvgIpc) is 3.36. The molecule has 174 valence electrons. The zero-order valence-corrected chi connectivity index (χ0v) is 21.5. The minimum absolute atomic E-state index is 0. The Hall–Kier alpha value is -2.53. The van der Waals surface area contributed by atoms with E-state index in [1.165, 1.54) is 0 Å². The largest absolute Gasteiger partial charge is 0.497 e. The highest BCUT2D eigenvalue weighted by Gasteiger charge is 2.27. The van der Waals surface area contributed by atoms with E-state index in [2.05, 4.69) is 20.7 Å². The van der Waals surface area contributed by atoms with Crippen LogP contribution in [0.25, 0.3) is 5.69 Å². The van der Waals surface area contributed by atoms with Crippen LogP contribution in [-0.2, 0) is 12.1 Å². The van der Waals surface area contributed by atoms with Gasteiger partial charge in [-0.15, -0.1) is 24.0 Å². The van der Waals surface area contributed by atoms with Crippen LogP contribution in [0.3, 0.4) is 0 Å². The molecular formula is C23H32IN5O3. The summed E-state index contributed by atoms with van der Waals surface area (Å²) in [4.78, 5) is 4.61. The normalized spacial score (nSPS) is 13.2. The fraction of sp³-hybridized carbons (Fsp3) is 0.391. The van der Waals surface area contributed by atoms with Crippen LogP contribution in [0.2, 0.25) is 0 Å². The molecular weight excluding hydrogens is 521 g/mol. The Bertz CT molecular complexity index is 1020. The van der Waals surface area contributed by atoms with E-state index in [0.29, 0.717) is 25.6 Å². The van der Waals surface area contributed by atoms with Crippen molar-refractivity contribution < 1.29 is 14.3 Å². The van der Waals surface area contributed by atoms with Crippen LogP contribution in [0.1, 0.15) is 36.6 Å². The molecule has 1 atom stereocenters. The molecule has 9 heteroatoms. The van der Waals surface area contributed by atoms with Gasteiger partial charge in [0.25, 0.3) is 0 Å². The number of rotatable bonds is 8. The lowest BCUT2D eigenvalue weighted by atomic mass is 9.96. The predicted molar refractivity (Wildman–Crippen MR) is 136 cm³/mol. The Morgan fingerprint density at radius 3 is 2.53 bits per heavy atom. The summed E-state index contributed by atoms with van der Waals surface area (Å²) in [6, 6.07) is 11.5. The smallest absolute Gasteiger partial charge is 0.191 e. The van der Waals surface area contributed by atoms with E-state index in [-0.39, 0.29) is 24.0 Å². The molecule has 8 nitrogen and oxygen atoms in total. The number of halogens is 1.